The van der Waals surface area contributed by atoms with Crippen LogP contribution in [0.4, 0.5) is 0 Å². The maximum Gasteiger partial charge on any atom is 0.0894 e. The van der Waals surface area contributed by atoms with Gasteiger partial charge >= 0.3 is 0 Å². The van der Waals surface area contributed by atoms with E-state index in [0.29, 0.717) is 6.54 Å². The number of hydrogen-bond acceptors (Lipinski definition) is 3. The summed E-state index contributed by atoms with van der Waals surface area (Å²) in [6.45, 7) is 5.73. The molecule has 3 heteroatoms. The van der Waals surface area contributed by atoms with Crippen molar-refractivity contribution in [1.29, 1.82) is 0 Å². The van der Waals surface area contributed by atoms with Crippen molar-refractivity contribution in [2.24, 2.45) is 5.92 Å². The van der Waals surface area contributed by atoms with Crippen LogP contribution in [0.1, 0.15) is 33.1 Å². The Labute approximate surface area is 81.2 Å². The molecule has 0 unspecified atom stereocenters. The number of unbranched alkanes of at least 4 members (excludes halogenated alkanes) is 1. The van der Waals surface area contributed by atoms with Crippen molar-refractivity contribution in [2.75, 3.05) is 19.7 Å². The van der Waals surface area contributed by atoms with Crippen LogP contribution in [0.25, 0.3) is 0 Å². The molecule has 3 nitrogen and oxygen atoms in total. The van der Waals surface area contributed by atoms with Gasteiger partial charge in [-0.2, -0.15) is 0 Å². The van der Waals surface area contributed by atoms with Gasteiger partial charge in [-0.15, -0.1) is 0 Å². The van der Waals surface area contributed by atoms with Crippen LogP contribution >= 0.6 is 0 Å². The monoisotopic (exact) mass is 189 g/mol. The Balaban J connectivity index is 2.99. The Hall–Kier alpha value is -0.120. The van der Waals surface area contributed by atoms with Crippen molar-refractivity contribution in [3.63, 3.8) is 0 Å². The largest absolute Gasteiger partial charge is 0.394 e. The molecule has 3 N–H and O–H groups in total. The van der Waals surface area contributed by atoms with Gasteiger partial charge in [-0.3, -0.25) is 0 Å². The minimum absolute atomic E-state index is 0.154. The fourth-order valence-electron chi connectivity index (χ4n) is 1.14. The topological polar surface area (TPSA) is 52.5 Å². The lowest BCUT2D eigenvalue weighted by Gasteiger charge is -2.09. The summed E-state index contributed by atoms with van der Waals surface area (Å²) in [6, 6.07) is 0. The molecule has 0 aliphatic rings. The molecule has 0 aliphatic heterocycles. The summed E-state index contributed by atoms with van der Waals surface area (Å²) in [5.74, 6) is 0.781. The maximum absolute atomic E-state index is 8.99. The van der Waals surface area contributed by atoms with Crippen LogP contribution in [0, 0.1) is 5.92 Å². The third kappa shape index (κ3) is 9.80. The van der Waals surface area contributed by atoms with Crippen molar-refractivity contribution >= 4 is 0 Å². The average molecular weight is 189 g/mol. The average Bonchev–Trinajstić information content (AvgIpc) is 2.10. The maximum atomic E-state index is 8.99. The van der Waals surface area contributed by atoms with Gasteiger partial charge in [0.25, 0.3) is 0 Å². The minimum atomic E-state index is -0.606. The van der Waals surface area contributed by atoms with E-state index in [1.807, 2.05) is 0 Å². The van der Waals surface area contributed by atoms with E-state index in [4.69, 9.17) is 10.2 Å². The molecule has 0 rings (SSSR count). The third-order valence-electron chi connectivity index (χ3n) is 1.98. The van der Waals surface area contributed by atoms with Crippen LogP contribution in [-0.4, -0.2) is 36.0 Å². The second kappa shape index (κ2) is 8.48. The molecule has 0 aromatic carbocycles. The summed E-state index contributed by atoms with van der Waals surface area (Å²) in [5, 5.41) is 20.6. The van der Waals surface area contributed by atoms with E-state index in [9.17, 15) is 0 Å². The highest BCUT2D eigenvalue weighted by Gasteiger charge is 1.99. The van der Waals surface area contributed by atoms with Crippen molar-refractivity contribution in [3.05, 3.63) is 0 Å². The minimum Gasteiger partial charge on any atom is -0.394 e. The van der Waals surface area contributed by atoms with Gasteiger partial charge in [0, 0.05) is 6.54 Å². The van der Waals surface area contributed by atoms with Crippen molar-refractivity contribution < 1.29 is 10.2 Å². The first-order valence-electron chi connectivity index (χ1n) is 5.16. The Morgan fingerprint density at radius 2 is 1.92 bits per heavy atom. The lowest BCUT2D eigenvalue weighted by Crippen LogP contribution is -2.29. The highest BCUT2D eigenvalue weighted by atomic mass is 16.3. The van der Waals surface area contributed by atoms with Gasteiger partial charge < -0.3 is 15.5 Å². The number of aliphatic hydroxyl groups is 2. The highest BCUT2D eigenvalue weighted by molar-refractivity contribution is 4.57. The van der Waals surface area contributed by atoms with Crippen LogP contribution in [0.5, 0.6) is 0 Å². The summed E-state index contributed by atoms with van der Waals surface area (Å²) >= 11 is 0. The molecular weight excluding hydrogens is 166 g/mol. The number of aliphatic hydroxyl groups excluding tert-OH is 2. The molecule has 0 amide bonds. The normalized spacial score (nSPS) is 13.6. The fourth-order valence-corrected chi connectivity index (χ4v) is 1.14. The zero-order valence-electron chi connectivity index (χ0n) is 8.79. The van der Waals surface area contributed by atoms with Gasteiger partial charge in [-0.1, -0.05) is 26.7 Å². The summed E-state index contributed by atoms with van der Waals surface area (Å²) in [7, 11) is 0. The smallest absolute Gasteiger partial charge is 0.0894 e. The van der Waals surface area contributed by atoms with E-state index < -0.39 is 6.10 Å². The van der Waals surface area contributed by atoms with Gasteiger partial charge in [0.15, 0.2) is 0 Å². The van der Waals surface area contributed by atoms with Crippen LogP contribution in [-0.2, 0) is 0 Å². The number of nitrogens with one attached hydrogen (secondary N) is 1. The number of rotatable bonds is 8. The molecule has 0 spiro atoms. The van der Waals surface area contributed by atoms with Gasteiger partial charge in [-0.25, -0.2) is 0 Å². The predicted octanol–water partition coefficient (Wildman–Crippen LogP) is 0.756. The number of hydrogen-bond donors (Lipinski definition) is 3. The summed E-state index contributed by atoms with van der Waals surface area (Å²) in [6.07, 6.45) is 3.05. The second-order valence-electron chi connectivity index (χ2n) is 3.93. The summed E-state index contributed by atoms with van der Waals surface area (Å²) in [4.78, 5) is 0. The van der Waals surface area contributed by atoms with Crippen LogP contribution in [0.3, 0.4) is 0 Å². The molecule has 0 radical (unpaired) electrons. The molecule has 0 aromatic rings. The molecule has 0 saturated carbocycles. The van der Waals surface area contributed by atoms with Crippen molar-refractivity contribution in [2.45, 2.75) is 39.2 Å². The molecule has 0 bridgehead atoms. The van der Waals surface area contributed by atoms with Crippen LogP contribution < -0.4 is 5.32 Å². The van der Waals surface area contributed by atoms with E-state index in [1.54, 1.807) is 0 Å². The molecule has 1 atom stereocenters. The zero-order valence-corrected chi connectivity index (χ0v) is 8.79. The molecule has 0 aliphatic carbocycles. The molecule has 13 heavy (non-hydrogen) atoms. The van der Waals surface area contributed by atoms with Crippen molar-refractivity contribution in [3.8, 4) is 0 Å². The van der Waals surface area contributed by atoms with Crippen LogP contribution in [0.2, 0.25) is 0 Å². The van der Waals surface area contributed by atoms with Gasteiger partial charge in [-0.05, 0) is 18.9 Å². The van der Waals surface area contributed by atoms with E-state index in [1.165, 1.54) is 12.8 Å². The SMILES string of the molecule is CC(C)CCCCNC[C@H](O)CO. The first-order chi connectivity index (χ1) is 6.16. The Morgan fingerprint density at radius 1 is 1.23 bits per heavy atom. The zero-order chi connectivity index (χ0) is 10.1. The quantitative estimate of drug-likeness (QED) is 0.494. The van der Waals surface area contributed by atoms with E-state index in [0.717, 1.165) is 18.9 Å². The summed E-state index contributed by atoms with van der Waals surface area (Å²) < 4.78 is 0. The standard InChI is InChI=1S/C10H23NO2/c1-9(2)5-3-4-6-11-7-10(13)8-12/h9-13H,3-8H2,1-2H3/t10-/m0/s1. The second-order valence-corrected chi connectivity index (χ2v) is 3.93. The van der Waals surface area contributed by atoms with E-state index >= 15 is 0 Å². The Kier molecular flexibility index (Phi) is 8.40. The molecule has 0 heterocycles. The van der Waals surface area contributed by atoms with Crippen molar-refractivity contribution in [1.82, 2.24) is 5.32 Å². The Morgan fingerprint density at radius 3 is 2.46 bits per heavy atom. The van der Waals surface area contributed by atoms with Crippen LogP contribution in [0.15, 0.2) is 0 Å². The molecular formula is C10H23NO2. The Bertz CT molecular complexity index is 107. The van der Waals surface area contributed by atoms with E-state index in [-0.39, 0.29) is 6.61 Å². The molecule has 0 aromatic heterocycles. The predicted molar refractivity (Wildman–Crippen MR) is 54.7 cm³/mol. The lowest BCUT2D eigenvalue weighted by molar-refractivity contribution is 0.0945. The molecule has 80 valence electrons. The fraction of sp³-hybridized carbons (Fsp3) is 1.00. The third-order valence-corrected chi connectivity index (χ3v) is 1.98. The van der Waals surface area contributed by atoms with E-state index in [2.05, 4.69) is 19.2 Å². The molecule has 0 saturated heterocycles. The first-order valence-corrected chi connectivity index (χ1v) is 5.16. The lowest BCUT2D eigenvalue weighted by atomic mass is 10.1. The van der Waals surface area contributed by atoms with Gasteiger partial charge in [0.2, 0.25) is 0 Å². The highest BCUT2D eigenvalue weighted by Crippen LogP contribution is 2.04. The summed E-state index contributed by atoms with van der Waals surface area (Å²) in [5.41, 5.74) is 0. The first kappa shape index (κ1) is 12.9. The molecule has 0 fully saturated rings. The van der Waals surface area contributed by atoms with Gasteiger partial charge in [0.05, 0.1) is 12.7 Å². The van der Waals surface area contributed by atoms with Gasteiger partial charge in [0.1, 0.15) is 0 Å².